The predicted molar refractivity (Wildman–Crippen MR) is 193 cm³/mol. The van der Waals surface area contributed by atoms with Crippen molar-refractivity contribution in [2.24, 2.45) is 0 Å². The third-order valence-corrected chi connectivity index (χ3v) is 14.3. The number of hydrogen-bond donors (Lipinski definition) is 2. The number of hydrogen-bond acceptors (Lipinski definition) is 10. The molecule has 0 saturated carbocycles. The minimum atomic E-state index is -2.58. The number of methoxy groups -OCH3 is 2. The quantitative estimate of drug-likeness (QED) is 0.144. The summed E-state index contributed by atoms with van der Waals surface area (Å²) >= 11 is 0. The first-order valence-corrected chi connectivity index (χ1v) is 19.4. The van der Waals surface area contributed by atoms with Crippen LogP contribution in [0, 0.1) is 0 Å². The van der Waals surface area contributed by atoms with Crippen LogP contribution in [0.15, 0.2) is 95.9 Å². The molecule has 4 aromatic rings. The SMILES string of the molecule is COc1ccc(C(OC(C(C)=O)[C@H]2O[C@@H](n3ccc(N)nc3=O)[C@H](O[Si](C)(C)C(C)(C)C)[C@@H]2O)(c2ccccc2)c2ccc(OC)cc2)cc1. The zero-order valence-electron chi connectivity index (χ0n) is 29.8. The molecule has 266 valence electrons. The van der Waals surface area contributed by atoms with Crippen molar-refractivity contribution >= 4 is 19.9 Å². The summed E-state index contributed by atoms with van der Waals surface area (Å²) in [5, 5.41) is 11.9. The van der Waals surface area contributed by atoms with Crippen LogP contribution in [0.4, 0.5) is 5.82 Å². The molecular formula is C38H47N3O8Si. The monoisotopic (exact) mass is 701 g/mol. The van der Waals surface area contributed by atoms with Gasteiger partial charge in [0.25, 0.3) is 0 Å². The maximum atomic E-state index is 13.9. The Morgan fingerprint density at radius 1 is 0.900 bits per heavy atom. The molecule has 5 rings (SSSR count). The summed E-state index contributed by atoms with van der Waals surface area (Å²) < 4.78 is 32.7. The van der Waals surface area contributed by atoms with E-state index >= 15 is 0 Å². The van der Waals surface area contributed by atoms with Gasteiger partial charge in [-0.3, -0.25) is 9.36 Å². The number of aromatic nitrogens is 2. The molecule has 0 radical (unpaired) electrons. The van der Waals surface area contributed by atoms with Gasteiger partial charge < -0.3 is 34.2 Å². The molecule has 0 spiro atoms. The van der Waals surface area contributed by atoms with Crippen molar-refractivity contribution in [2.75, 3.05) is 20.0 Å². The number of carbonyl (C=O) groups is 1. The van der Waals surface area contributed by atoms with E-state index in [0.717, 1.165) is 5.56 Å². The smallest absolute Gasteiger partial charge is 0.351 e. The minimum absolute atomic E-state index is 0.0415. The molecule has 50 heavy (non-hydrogen) atoms. The van der Waals surface area contributed by atoms with E-state index in [0.29, 0.717) is 22.6 Å². The highest BCUT2D eigenvalue weighted by molar-refractivity contribution is 6.74. The predicted octanol–water partition coefficient (Wildman–Crippen LogP) is 5.46. The van der Waals surface area contributed by atoms with E-state index < -0.39 is 56.0 Å². The maximum Gasteiger partial charge on any atom is 0.351 e. The van der Waals surface area contributed by atoms with Crippen LogP contribution in [0.3, 0.4) is 0 Å². The molecule has 1 unspecified atom stereocenters. The minimum Gasteiger partial charge on any atom is -0.497 e. The van der Waals surface area contributed by atoms with Crippen LogP contribution in [0.1, 0.15) is 50.6 Å². The standard InChI is InChI=1S/C38H47N3O8Si/c1-24(42)32(33-31(43)34(49-50(7,8)37(2,3)4)35(47-33)41-23-22-30(39)40-36(41)44)48-38(25-12-10-9-11-13-25,26-14-18-28(45-5)19-15-26)27-16-20-29(46-6)21-17-27/h9-23,31-35,43H,1-8H3,(H2,39,40,44)/t31-,32?,33+,34-,35-/m1/s1. The molecule has 1 saturated heterocycles. The lowest BCUT2D eigenvalue weighted by atomic mass is 9.79. The molecule has 0 bridgehead atoms. The van der Waals surface area contributed by atoms with Crippen molar-refractivity contribution in [1.29, 1.82) is 0 Å². The van der Waals surface area contributed by atoms with E-state index in [1.54, 1.807) is 14.2 Å². The Kier molecular flexibility index (Phi) is 10.7. The van der Waals surface area contributed by atoms with E-state index in [9.17, 15) is 14.7 Å². The normalized spacial score (nSPS) is 20.3. The number of ketones is 1. The van der Waals surface area contributed by atoms with Gasteiger partial charge in [-0.25, -0.2) is 4.79 Å². The maximum absolute atomic E-state index is 13.9. The van der Waals surface area contributed by atoms with Gasteiger partial charge >= 0.3 is 5.69 Å². The molecule has 11 nitrogen and oxygen atoms in total. The van der Waals surface area contributed by atoms with Gasteiger partial charge in [0.05, 0.1) is 14.2 Å². The average molecular weight is 702 g/mol. The summed E-state index contributed by atoms with van der Waals surface area (Å²) in [5.41, 5.74) is 5.85. The zero-order valence-corrected chi connectivity index (χ0v) is 30.8. The van der Waals surface area contributed by atoms with Gasteiger partial charge in [-0.2, -0.15) is 4.98 Å². The van der Waals surface area contributed by atoms with Gasteiger partial charge in [0.2, 0.25) is 0 Å². The van der Waals surface area contributed by atoms with E-state index in [-0.39, 0.29) is 10.9 Å². The number of carbonyl (C=O) groups excluding carboxylic acids is 1. The first-order valence-electron chi connectivity index (χ1n) is 16.5. The van der Waals surface area contributed by atoms with Gasteiger partial charge in [0.1, 0.15) is 47.3 Å². The number of nitrogens with zero attached hydrogens (tertiary/aromatic N) is 2. The number of nitrogens with two attached hydrogens (primary N) is 1. The van der Waals surface area contributed by atoms with Crippen molar-refractivity contribution < 1.29 is 33.3 Å². The van der Waals surface area contributed by atoms with Crippen LogP contribution in [-0.2, 0) is 24.3 Å². The molecule has 2 heterocycles. The van der Waals surface area contributed by atoms with Crippen LogP contribution in [-0.4, -0.2) is 67.4 Å². The number of rotatable bonds is 12. The highest BCUT2D eigenvalue weighted by atomic mass is 28.4. The molecular weight excluding hydrogens is 655 g/mol. The number of aliphatic hydroxyl groups excluding tert-OH is 1. The lowest BCUT2D eigenvalue weighted by Crippen LogP contribution is -2.52. The summed E-state index contributed by atoms with van der Waals surface area (Å²) in [6, 6.07) is 25.8. The third-order valence-electron chi connectivity index (χ3n) is 9.79. The Labute approximate surface area is 294 Å². The first kappa shape index (κ1) is 36.9. The van der Waals surface area contributed by atoms with Crippen molar-refractivity contribution in [3.8, 4) is 11.5 Å². The van der Waals surface area contributed by atoms with Crippen molar-refractivity contribution in [3.05, 3.63) is 118 Å². The van der Waals surface area contributed by atoms with E-state index in [4.69, 9.17) is 29.1 Å². The molecule has 0 aliphatic carbocycles. The molecule has 5 atom stereocenters. The van der Waals surface area contributed by atoms with Crippen LogP contribution in [0.2, 0.25) is 18.1 Å². The number of anilines is 1. The largest absolute Gasteiger partial charge is 0.497 e. The average Bonchev–Trinajstić information content (AvgIpc) is 3.39. The Morgan fingerprint density at radius 2 is 1.42 bits per heavy atom. The van der Waals surface area contributed by atoms with Gasteiger partial charge in [-0.05, 0) is 72.1 Å². The lowest BCUT2D eigenvalue weighted by molar-refractivity contribution is -0.164. The lowest BCUT2D eigenvalue weighted by Gasteiger charge is -2.41. The zero-order chi connectivity index (χ0) is 36.4. The van der Waals surface area contributed by atoms with Gasteiger partial charge in [0, 0.05) is 6.20 Å². The van der Waals surface area contributed by atoms with E-state index in [1.165, 1.54) is 23.8 Å². The fourth-order valence-electron chi connectivity index (χ4n) is 6.01. The number of aliphatic hydroxyl groups is 1. The van der Waals surface area contributed by atoms with Gasteiger partial charge in [-0.1, -0.05) is 75.4 Å². The molecule has 12 heteroatoms. The summed E-state index contributed by atoms with van der Waals surface area (Å²) in [7, 11) is 0.597. The summed E-state index contributed by atoms with van der Waals surface area (Å²) in [6.45, 7) is 11.7. The fourth-order valence-corrected chi connectivity index (χ4v) is 7.30. The van der Waals surface area contributed by atoms with Crippen molar-refractivity contribution in [3.63, 3.8) is 0 Å². The van der Waals surface area contributed by atoms with E-state index in [1.807, 2.05) is 92.0 Å². The molecule has 3 N–H and O–H groups in total. The highest BCUT2D eigenvalue weighted by Gasteiger charge is 2.55. The van der Waals surface area contributed by atoms with Crippen LogP contribution >= 0.6 is 0 Å². The second-order valence-corrected chi connectivity index (χ2v) is 18.8. The Bertz CT molecular complexity index is 1780. The molecule has 1 aliphatic heterocycles. The summed E-state index contributed by atoms with van der Waals surface area (Å²) in [5.74, 6) is 0.920. The highest BCUT2D eigenvalue weighted by Crippen LogP contribution is 2.46. The fraction of sp³-hybridized carbons (Fsp3) is 0.395. The molecule has 3 aromatic carbocycles. The Hall–Kier alpha value is -4.33. The second kappa shape index (κ2) is 14.5. The number of nitrogen functional groups attached to an aromatic ring is 1. The second-order valence-electron chi connectivity index (χ2n) is 14.0. The molecule has 0 amide bonds. The molecule has 1 fully saturated rings. The number of Topliss-reactive ketones (excluding diaryl/α,β-unsaturated/α-hetero) is 1. The number of benzene rings is 3. The number of ether oxygens (including phenoxy) is 4. The van der Waals surface area contributed by atoms with Crippen molar-refractivity contribution in [1.82, 2.24) is 9.55 Å². The van der Waals surface area contributed by atoms with Crippen LogP contribution < -0.4 is 20.9 Å². The molecule has 1 aromatic heterocycles. The van der Waals surface area contributed by atoms with Crippen LogP contribution in [0.25, 0.3) is 0 Å². The summed E-state index contributed by atoms with van der Waals surface area (Å²) in [4.78, 5) is 31.0. The van der Waals surface area contributed by atoms with Crippen molar-refractivity contribution in [2.45, 2.75) is 82.1 Å². The Morgan fingerprint density at radius 3 is 1.88 bits per heavy atom. The topological polar surface area (TPSA) is 144 Å². The Balaban J connectivity index is 1.70. The van der Waals surface area contributed by atoms with Gasteiger partial charge in [0.15, 0.2) is 20.3 Å². The van der Waals surface area contributed by atoms with Gasteiger partial charge in [-0.15, -0.1) is 0 Å². The molecule has 1 aliphatic rings. The van der Waals surface area contributed by atoms with E-state index in [2.05, 4.69) is 25.8 Å². The van der Waals surface area contributed by atoms with Crippen LogP contribution in [0.5, 0.6) is 11.5 Å². The third kappa shape index (κ3) is 7.12. The summed E-state index contributed by atoms with van der Waals surface area (Å²) in [6.07, 6.45) is -4.70. The first-order chi connectivity index (χ1) is 23.6.